The van der Waals surface area contributed by atoms with Crippen LogP contribution in [0, 0.1) is 0 Å². The van der Waals surface area contributed by atoms with Crippen LogP contribution in [0.2, 0.25) is 0 Å². The van der Waals surface area contributed by atoms with E-state index in [-0.39, 0.29) is 17.5 Å². The SMILES string of the molecule is CCn1c([C@H]2CCCN(C(=O)c3ccc4cccnc4n3)C2)nn(C)c1=O. The Morgan fingerprint density at radius 1 is 1.30 bits per heavy atom. The molecule has 0 radical (unpaired) electrons. The summed E-state index contributed by atoms with van der Waals surface area (Å²) in [4.78, 5) is 35.6. The monoisotopic (exact) mass is 366 g/mol. The molecule has 0 aromatic carbocycles. The quantitative estimate of drug-likeness (QED) is 0.702. The molecule has 1 fully saturated rings. The molecule has 4 heterocycles. The van der Waals surface area contributed by atoms with Gasteiger partial charge in [0, 0.05) is 44.2 Å². The highest BCUT2D eigenvalue weighted by Gasteiger charge is 2.30. The zero-order chi connectivity index (χ0) is 19.0. The third-order valence-electron chi connectivity index (χ3n) is 5.11. The van der Waals surface area contributed by atoms with Crippen LogP contribution in [0.5, 0.6) is 0 Å². The summed E-state index contributed by atoms with van der Waals surface area (Å²) in [7, 11) is 1.66. The van der Waals surface area contributed by atoms with Crippen molar-refractivity contribution in [3.05, 3.63) is 52.5 Å². The van der Waals surface area contributed by atoms with Crippen molar-refractivity contribution in [1.29, 1.82) is 0 Å². The Hall–Kier alpha value is -3.03. The number of carbonyl (C=O) groups is 1. The normalized spacial score (nSPS) is 17.4. The van der Waals surface area contributed by atoms with Crippen molar-refractivity contribution in [2.45, 2.75) is 32.2 Å². The first-order valence-corrected chi connectivity index (χ1v) is 9.23. The predicted molar refractivity (Wildman–Crippen MR) is 101 cm³/mol. The minimum absolute atomic E-state index is 0.0510. The second-order valence-electron chi connectivity index (χ2n) is 6.85. The van der Waals surface area contributed by atoms with E-state index in [4.69, 9.17) is 0 Å². The van der Waals surface area contributed by atoms with Gasteiger partial charge in [-0.2, -0.15) is 5.10 Å². The number of nitrogens with zero attached hydrogens (tertiary/aromatic N) is 6. The summed E-state index contributed by atoms with van der Waals surface area (Å²) in [6.45, 7) is 3.73. The molecule has 0 aliphatic carbocycles. The topological polar surface area (TPSA) is 85.9 Å². The Balaban J connectivity index is 1.59. The second kappa shape index (κ2) is 6.94. The third-order valence-corrected chi connectivity index (χ3v) is 5.11. The van der Waals surface area contributed by atoms with E-state index in [0.29, 0.717) is 31.0 Å². The first-order chi connectivity index (χ1) is 13.1. The maximum atomic E-state index is 13.0. The number of pyridine rings is 2. The van der Waals surface area contributed by atoms with Crippen molar-refractivity contribution >= 4 is 16.9 Å². The fraction of sp³-hybridized carbons (Fsp3) is 0.421. The van der Waals surface area contributed by atoms with E-state index in [9.17, 15) is 9.59 Å². The summed E-state index contributed by atoms with van der Waals surface area (Å²) in [5.41, 5.74) is 0.857. The summed E-state index contributed by atoms with van der Waals surface area (Å²) in [5.74, 6) is 0.708. The Labute approximate surface area is 156 Å². The van der Waals surface area contributed by atoms with Gasteiger partial charge < -0.3 is 4.90 Å². The lowest BCUT2D eigenvalue weighted by Crippen LogP contribution is -2.40. The van der Waals surface area contributed by atoms with E-state index in [1.807, 2.05) is 30.0 Å². The average molecular weight is 366 g/mol. The van der Waals surface area contributed by atoms with Gasteiger partial charge in [-0.05, 0) is 44.0 Å². The van der Waals surface area contributed by atoms with Crippen LogP contribution in [0.15, 0.2) is 35.3 Å². The van der Waals surface area contributed by atoms with Gasteiger partial charge in [-0.25, -0.2) is 19.4 Å². The number of amides is 1. The van der Waals surface area contributed by atoms with Crippen LogP contribution < -0.4 is 5.69 Å². The molecule has 0 saturated carbocycles. The lowest BCUT2D eigenvalue weighted by Gasteiger charge is -2.32. The molecule has 1 aliphatic rings. The Morgan fingerprint density at radius 2 is 2.15 bits per heavy atom. The minimum atomic E-state index is -0.113. The fourth-order valence-electron chi connectivity index (χ4n) is 3.73. The molecule has 0 N–H and O–H groups in total. The first-order valence-electron chi connectivity index (χ1n) is 9.23. The molecule has 1 aliphatic heterocycles. The van der Waals surface area contributed by atoms with Gasteiger partial charge >= 0.3 is 5.69 Å². The summed E-state index contributed by atoms with van der Waals surface area (Å²) >= 11 is 0. The lowest BCUT2D eigenvalue weighted by atomic mass is 9.96. The summed E-state index contributed by atoms with van der Waals surface area (Å²) in [6.07, 6.45) is 3.45. The highest BCUT2D eigenvalue weighted by atomic mass is 16.2. The number of carbonyl (C=O) groups excluding carboxylic acids is 1. The van der Waals surface area contributed by atoms with Crippen LogP contribution >= 0.6 is 0 Å². The van der Waals surface area contributed by atoms with Crippen LogP contribution in [0.4, 0.5) is 0 Å². The van der Waals surface area contributed by atoms with E-state index < -0.39 is 0 Å². The lowest BCUT2D eigenvalue weighted by molar-refractivity contribution is 0.0697. The molecule has 0 unspecified atom stereocenters. The molecule has 3 aromatic rings. The zero-order valence-electron chi connectivity index (χ0n) is 15.5. The number of aryl methyl sites for hydroxylation is 1. The average Bonchev–Trinajstić information content (AvgIpc) is 3.01. The van der Waals surface area contributed by atoms with Gasteiger partial charge in [0.05, 0.1) is 0 Å². The fourth-order valence-corrected chi connectivity index (χ4v) is 3.73. The molecule has 0 spiro atoms. The van der Waals surface area contributed by atoms with Crippen LogP contribution in [0.25, 0.3) is 11.0 Å². The van der Waals surface area contributed by atoms with Crippen molar-refractivity contribution in [2.75, 3.05) is 13.1 Å². The van der Waals surface area contributed by atoms with Gasteiger partial charge in [0.25, 0.3) is 5.91 Å². The van der Waals surface area contributed by atoms with Crippen molar-refractivity contribution < 1.29 is 4.79 Å². The van der Waals surface area contributed by atoms with Crippen LogP contribution in [0.1, 0.15) is 42.0 Å². The molecule has 8 nitrogen and oxygen atoms in total. The summed E-state index contributed by atoms with van der Waals surface area (Å²) in [5, 5.41) is 5.32. The molecule has 1 saturated heterocycles. The molecule has 1 amide bonds. The molecule has 1 atom stereocenters. The van der Waals surface area contributed by atoms with Crippen molar-refractivity contribution in [3.8, 4) is 0 Å². The van der Waals surface area contributed by atoms with Crippen LogP contribution in [0.3, 0.4) is 0 Å². The molecule has 3 aromatic heterocycles. The van der Waals surface area contributed by atoms with Gasteiger partial charge in [-0.3, -0.25) is 9.36 Å². The van der Waals surface area contributed by atoms with E-state index in [0.717, 1.165) is 24.1 Å². The number of piperidine rings is 1. The number of rotatable bonds is 3. The maximum Gasteiger partial charge on any atom is 0.345 e. The predicted octanol–water partition coefficient (Wildman–Crippen LogP) is 1.56. The number of hydrogen-bond donors (Lipinski definition) is 0. The molecular weight excluding hydrogens is 344 g/mol. The van der Waals surface area contributed by atoms with Gasteiger partial charge in [-0.15, -0.1) is 0 Å². The van der Waals surface area contributed by atoms with Gasteiger partial charge in [-0.1, -0.05) is 0 Å². The smallest absolute Gasteiger partial charge is 0.337 e. The third kappa shape index (κ3) is 3.11. The molecular formula is C19H22N6O2. The van der Waals surface area contributed by atoms with E-state index in [1.54, 1.807) is 23.9 Å². The van der Waals surface area contributed by atoms with Gasteiger partial charge in [0.1, 0.15) is 11.5 Å². The van der Waals surface area contributed by atoms with Crippen molar-refractivity contribution in [3.63, 3.8) is 0 Å². The molecule has 4 rings (SSSR count). The highest BCUT2D eigenvalue weighted by molar-refractivity contribution is 5.94. The Morgan fingerprint density at radius 3 is 2.96 bits per heavy atom. The van der Waals surface area contributed by atoms with Gasteiger partial charge in [0.2, 0.25) is 0 Å². The van der Waals surface area contributed by atoms with Gasteiger partial charge in [0.15, 0.2) is 5.65 Å². The minimum Gasteiger partial charge on any atom is -0.337 e. The molecule has 27 heavy (non-hydrogen) atoms. The molecule has 140 valence electrons. The van der Waals surface area contributed by atoms with Crippen molar-refractivity contribution in [2.24, 2.45) is 7.05 Å². The standard InChI is InChI=1S/C19H22N6O2/c1-3-25-17(22-23(2)19(25)27)14-7-5-11-24(12-14)18(26)15-9-8-13-6-4-10-20-16(13)21-15/h4,6,8-10,14H,3,5,7,11-12H2,1-2H3/t14-/m0/s1. The highest BCUT2D eigenvalue weighted by Crippen LogP contribution is 2.26. The summed E-state index contributed by atoms with van der Waals surface area (Å²) in [6, 6.07) is 7.39. The Bertz CT molecular complexity index is 1050. The zero-order valence-corrected chi connectivity index (χ0v) is 15.5. The molecule has 8 heteroatoms. The second-order valence-corrected chi connectivity index (χ2v) is 6.85. The number of fused-ring (bicyclic) bond motifs is 1. The number of likely N-dealkylation sites (tertiary alicyclic amines) is 1. The summed E-state index contributed by atoms with van der Waals surface area (Å²) < 4.78 is 3.06. The largest absolute Gasteiger partial charge is 0.345 e. The first kappa shape index (κ1) is 17.4. The molecule has 0 bridgehead atoms. The van der Waals surface area contributed by atoms with Crippen molar-refractivity contribution in [1.82, 2.24) is 29.2 Å². The van der Waals surface area contributed by atoms with E-state index in [1.165, 1.54) is 4.68 Å². The van der Waals surface area contributed by atoms with Crippen LogP contribution in [-0.4, -0.2) is 48.2 Å². The number of aromatic nitrogens is 5. The Kier molecular flexibility index (Phi) is 4.47. The van der Waals surface area contributed by atoms with E-state index >= 15 is 0 Å². The van der Waals surface area contributed by atoms with E-state index in [2.05, 4.69) is 15.1 Å². The van der Waals surface area contributed by atoms with Crippen LogP contribution in [-0.2, 0) is 13.6 Å². The number of hydrogen-bond acceptors (Lipinski definition) is 5. The maximum absolute atomic E-state index is 13.0.